The Labute approximate surface area is 127 Å². The molecule has 1 heterocycles. The number of aliphatic hydroxyl groups excluding tert-OH is 1. The number of fused-ring (bicyclic) bond motifs is 1. The summed E-state index contributed by atoms with van der Waals surface area (Å²) in [6, 6.07) is 13.8. The lowest BCUT2D eigenvalue weighted by atomic mass is 9.98. The second kappa shape index (κ2) is 5.50. The number of Topliss-reactive ketones (excluding diaryl/α,β-unsaturated/α-hetero) is 1. The molecule has 1 fully saturated rings. The van der Waals surface area contributed by atoms with Crippen LogP contribution in [0, 0.1) is 0 Å². The van der Waals surface area contributed by atoms with Gasteiger partial charge < -0.3 is 9.84 Å². The number of ether oxygens (including phenoxy) is 1. The zero-order valence-corrected chi connectivity index (χ0v) is 12.0. The maximum atomic E-state index is 11.7. The molecule has 0 bridgehead atoms. The first-order valence-electron chi connectivity index (χ1n) is 6.66. The van der Waals surface area contributed by atoms with Crippen molar-refractivity contribution in [3.8, 4) is 0 Å². The van der Waals surface area contributed by atoms with Crippen LogP contribution in [0.1, 0.15) is 17.2 Å². The van der Waals surface area contributed by atoms with Gasteiger partial charge in [0.1, 0.15) is 0 Å². The highest BCUT2D eigenvalue weighted by Gasteiger charge is 2.42. The molecule has 3 unspecified atom stereocenters. The molecule has 1 aliphatic heterocycles. The summed E-state index contributed by atoms with van der Waals surface area (Å²) in [4.78, 5) is 22.9. The molecule has 1 saturated heterocycles. The molecule has 0 saturated carbocycles. The standard InChI is InChI=1S/C16H14O4S/c17-14-12(20-16(19)15(14)18)8-13(21)11-7-3-5-9-4-1-2-6-10(9)11/h1-7,12-13,15,18,21H,8H2. The third-order valence-electron chi connectivity index (χ3n) is 3.69. The first-order chi connectivity index (χ1) is 10.1. The van der Waals surface area contributed by atoms with Crippen molar-refractivity contribution in [1.29, 1.82) is 0 Å². The van der Waals surface area contributed by atoms with Gasteiger partial charge in [-0.2, -0.15) is 12.6 Å². The topological polar surface area (TPSA) is 63.6 Å². The SMILES string of the molecule is O=C1OC(CC(S)c2cccc3ccccc23)C(=O)C1O. The largest absolute Gasteiger partial charge is 0.452 e. The van der Waals surface area contributed by atoms with Gasteiger partial charge in [0.15, 0.2) is 6.10 Å². The summed E-state index contributed by atoms with van der Waals surface area (Å²) in [5.74, 6) is -1.46. The Bertz CT molecular complexity index is 707. The molecule has 1 aliphatic rings. The first kappa shape index (κ1) is 14.1. The fraction of sp³-hybridized carbons (Fsp3) is 0.250. The van der Waals surface area contributed by atoms with Crippen molar-refractivity contribution in [3.63, 3.8) is 0 Å². The summed E-state index contributed by atoms with van der Waals surface area (Å²) in [6.07, 6.45) is -2.32. The van der Waals surface area contributed by atoms with Crippen LogP contribution in [-0.2, 0) is 14.3 Å². The van der Waals surface area contributed by atoms with Gasteiger partial charge >= 0.3 is 5.97 Å². The lowest BCUT2D eigenvalue weighted by Gasteiger charge is -2.16. The fourth-order valence-electron chi connectivity index (χ4n) is 2.59. The van der Waals surface area contributed by atoms with E-state index < -0.39 is 24.0 Å². The zero-order chi connectivity index (χ0) is 15.0. The summed E-state index contributed by atoms with van der Waals surface area (Å²) in [5, 5.41) is 11.2. The smallest absolute Gasteiger partial charge is 0.343 e. The molecular weight excluding hydrogens is 288 g/mol. The number of benzene rings is 2. The van der Waals surface area contributed by atoms with E-state index in [-0.39, 0.29) is 11.7 Å². The fourth-order valence-corrected chi connectivity index (χ4v) is 3.01. The minimum absolute atomic E-state index is 0.249. The Morgan fingerprint density at radius 2 is 1.86 bits per heavy atom. The van der Waals surface area contributed by atoms with Crippen LogP contribution in [0.2, 0.25) is 0 Å². The molecular formula is C16H14O4S. The molecule has 0 aromatic heterocycles. The van der Waals surface area contributed by atoms with Crippen LogP contribution in [-0.4, -0.2) is 29.1 Å². The second-order valence-electron chi connectivity index (χ2n) is 5.05. The number of ketones is 1. The molecule has 3 rings (SSSR count). The van der Waals surface area contributed by atoms with E-state index in [1.54, 1.807) is 0 Å². The van der Waals surface area contributed by atoms with Crippen LogP contribution in [0.15, 0.2) is 42.5 Å². The third-order valence-corrected chi connectivity index (χ3v) is 4.18. The van der Waals surface area contributed by atoms with Crippen LogP contribution in [0.5, 0.6) is 0 Å². The van der Waals surface area contributed by atoms with E-state index >= 15 is 0 Å². The number of carbonyl (C=O) groups excluding carboxylic acids is 2. The van der Waals surface area contributed by atoms with Gasteiger partial charge in [-0.3, -0.25) is 4.79 Å². The van der Waals surface area contributed by atoms with Gasteiger partial charge in [-0.1, -0.05) is 42.5 Å². The number of hydrogen-bond acceptors (Lipinski definition) is 5. The number of rotatable bonds is 3. The molecule has 2 aromatic carbocycles. The average Bonchev–Trinajstić information content (AvgIpc) is 2.74. The minimum atomic E-state index is -1.65. The summed E-state index contributed by atoms with van der Waals surface area (Å²) in [6.45, 7) is 0. The number of thiol groups is 1. The van der Waals surface area contributed by atoms with Crippen LogP contribution >= 0.6 is 12.6 Å². The highest BCUT2D eigenvalue weighted by atomic mass is 32.1. The van der Waals surface area contributed by atoms with E-state index in [0.717, 1.165) is 16.3 Å². The number of cyclic esters (lactones) is 1. The van der Waals surface area contributed by atoms with Crippen LogP contribution in [0.3, 0.4) is 0 Å². The summed E-state index contributed by atoms with van der Waals surface area (Å²) in [7, 11) is 0. The predicted molar refractivity (Wildman–Crippen MR) is 81.2 cm³/mol. The van der Waals surface area contributed by atoms with Gasteiger partial charge in [0, 0.05) is 11.7 Å². The molecule has 108 valence electrons. The second-order valence-corrected chi connectivity index (χ2v) is 5.67. The van der Waals surface area contributed by atoms with Crippen LogP contribution < -0.4 is 0 Å². The van der Waals surface area contributed by atoms with Gasteiger partial charge in [0.25, 0.3) is 0 Å². The monoisotopic (exact) mass is 302 g/mol. The molecule has 0 spiro atoms. The lowest BCUT2D eigenvalue weighted by molar-refractivity contribution is -0.147. The van der Waals surface area contributed by atoms with E-state index in [1.807, 2.05) is 42.5 Å². The molecule has 4 nitrogen and oxygen atoms in total. The van der Waals surface area contributed by atoms with Crippen LogP contribution in [0.25, 0.3) is 10.8 Å². The molecule has 0 amide bonds. The number of esters is 1. The van der Waals surface area contributed by atoms with Gasteiger partial charge in [0.05, 0.1) is 0 Å². The molecule has 2 aromatic rings. The predicted octanol–water partition coefficient (Wildman–Crippen LogP) is 2.06. The summed E-state index contributed by atoms with van der Waals surface area (Å²) < 4.78 is 4.90. The lowest BCUT2D eigenvalue weighted by Crippen LogP contribution is -2.25. The Balaban J connectivity index is 1.86. The average molecular weight is 302 g/mol. The molecule has 1 N–H and O–H groups in total. The molecule has 21 heavy (non-hydrogen) atoms. The van der Waals surface area contributed by atoms with Crippen molar-refractivity contribution in [2.45, 2.75) is 23.9 Å². The van der Waals surface area contributed by atoms with Crippen molar-refractivity contribution in [1.82, 2.24) is 0 Å². The van der Waals surface area contributed by atoms with Crippen molar-refractivity contribution < 1.29 is 19.4 Å². The number of carbonyl (C=O) groups is 2. The maximum absolute atomic E-state index is 11.7. The quantitative estimate of drug-likeness (QED) is 0.517. The van der Waals surface area contributed by atoms with E-state index in [4.69, 9.17) is 4.74 Å². The highest BCUT2D eigenvalue weighted by Crippen LogP contribution is 2.33. The normalized spacial score (nSPS) is 23.3. The molecule has 5 heteroatoms. The molecule has 0 aliphatic carbocycles. The number of aliphatic hydroxyl groups is 1. The van der Waals surface area contributed by atoms with E-state index in [0.29, 0.717) is 0 Å². The van der Waals surface area contributed by atoms with Crippen molar-refractivity contribution in [2.75, 3.05) is 0 Å². The molecule has 3 atom stereocenters. The maximum Gasteiger partial charge on any atom is 0.343 e. The van der Waals surface area contributed by atoms with Crippen molar-refractivity contribution >= 4 is 35.2 Å². The summed E-state index contributed by atoms with van der Waals surface area (Å²) >= 11 is 4.55. The Morgan fingerprint density at radius 1 is 1.14 bits per heavy atom. The van der Waals surface area contributed by atoms with Gasteiger partial charge in [-0.05, 0) is 16.3 Å². The van der Waals surface area contributed by atoms with Gasteiger partial charge in [-0.25, -0.2) is 4.79 Å². The van der Waals surface area contributed by atoms with Crippen LogP contribution in [0.4, 0.5) is 0 Å². The Morgan fingerprint density at radius 3 is 2.57 bits per heavy atom. The number of hydrogen-bond donors (Lipinski definition) is 2. The van der Waals surface area contributed by atoms with E-state index in [9.17, 15) is 14.7 Å². The zero-order valence-electron chi connectivity index (χ0n) is 11.1. The Hall–Kier alpha value is -1.85. The van der Waals surface area contributed by atoms with Gasteiger partial charge in [0.2, 0.25) is 11.9 Å². The Kier molecular flexibility index (Phi) is 3.69. The van der Waals surface area contributed by atoms with Crippen molar-refractivity contribution in [2.24, 2.45) is 0 Å². The third kappa shape index (κ3) is 2.54. The van der Waals surface area contributed by atoms with Crippen molar-refractivity contribution in [3.05, 3.63) is 48.0 Å². The first-order valence-corrected chi connectivity index (χ1v) is 7.17. The molecule has 0 radical (unpaired) electrons. The van der Waals surface area contributed by atoms with E-state index in [2.05, 4.69) is 12.6 Å². The summed E-state index contributed by atoms with van der Waals surface area (Å²) in [5.41, 5.74) is 0.974. The van der Waals surface area contributed by atoms with Gasteiger partial charge in [-0.15, -0.1) is 0 Å². The van der Waals surface area contributed by atoms with E-state index in [1.165, 1.54) is 0 Å². The minimum Gasteiger partial charge on any atom is -0.452 e. The highest BCUT2D eigenvalue weighted by molar-refractivity contribution is 7.80.